The Morgan fingerprint density at radius 1 is 1.43 bits per heavy atom. The highest BCUT2D eigenvalue weighted by Gasteiger charge is 2.21. The summed E-state index contributed by atoms with van der Waals surface area (Å²) < 4.78 is 31.4. The van der Waals surface area contributed by atoms with E-state index in [4.69, 9.17) is 4.74 Å². The number of aryl methyl sites for hydroxylation is 1. The number of methoxy groups -OCH3 is 1. The molecule has 21 heavy (non-hydrogen) atoms. The van der Waals surface area contributed by atoms with Crippen molar-refractivity contribution in [3.05, 3.63) is 40.2 Å². The third-order valence-corrected chi connectivity index (χ3v) is 4.20. The molecule has 1 aromatic heterocycles. The number of hydrogen-bond donors (Lipinski definition) is 2. The molecule has 0 saturated heterocycles. The van der Waals surface area contributed by atoms with Gasteiger partial charge in [-0.3, -0.25) is 19.9 Å². The summed E-state index contributed by atoms with van der Waals surface area (Å²) >= 11 is 0. The van der Waals surface area contributed by atoms with Crippen LogP contribution >= 0.6 is 0 Å². The fraction of sp³-hybridized carbons (Fsp3) is 0.182. The number of H-pyrrole nitrogens is 1. The van der Waals surface area contributed by atoms with Gasteiger partial charge in [-0.1, -0.05) is 0 Å². The van der Waals surface area contributed by atoms with Crippen molar-refractivity contribution in [1.29, 1.82) is 0 Å². The van der Waals surface area contributed by atoms with Crippen molar-refractivity contribution < 1.29 is 18.1 Å². The molecule has 0 amide bonds. The molecule has 2 N–H and O–H groups in total. The summed E-state index contributed by atoms with van der Waals surface area (Å²) in [6, 6.07) is 3.78. The predicted octanol–water partition coefficient (Wildman–Crippen LogP) is 1.44. The molecule has 0 bridgehead atoms. The monoisotopic (exact) mass is 312 g/mol. The van der Waals surface area contributed by atoms with E-state index in [9.17, 15) is 18.5 Å². The SMILES string of the molecule is COc1ccc(NS(=O)(=O)c2cn[nH]c2C)cc1[N+](=O)[O-]. The number of aromatic amines is 1. The first-order valence-electron chi connectivity index (χ1n) is 5.70. The normalized spacial score (nSPS) is 11.1. The largest absolute Gasteiger partial charge is 0.490 e. The number of nitro benzene ring substituents is 1. The van der Waals surface area contributed by atoms with E-state index in [0.29, 0.717) is 5.69 Å². The Bertz CT molecular complexity index is 784. The first-order chi connectivity index (χ1) is 9.85. The molecular weight excluding hydrogens is 300 g/mol. The number of anilines is 1. The van der Waals surface area contributed by atoms with Gasteiger partial charge in [0.05, 0.1) is 29.6 Å². The molecule has 2 rings (SSSR count). The van der Waals surface area contributed by atoms with Crippen molar-refractivity contribution >= 4 is 21.4 Å². The van der Waals surface area contributed by atoms with Gasteiger partial charge in [0.2, 0.25) is 0 Å². The fourth-order valence-electron chi connectivity index (χ4n) is 1.72. The summed E-state index contributed by atoms with van der Waals surface area (Å²) in [6.45, 7) is 1.55. The molecule has 0 spiro atoms. The Kier molecular flexibility index (Phi) is 3.80. The van der Waals surface area contributed by atoms with Crippen LogP contribution < -0.4 is 9.46 Å². The number of nitrogens with one attached hydrogen (secondary N) is 2. The second-order valence-electron chi connectivity index (χ2n) is 4.11. The maximum absolute atomic E-state index is 12.1. The minimum absolute atomic E-state index is 0.0269. The molecule has 0 aliphatic rings. The molecule has 0 saturated carbocycles. The van der Waals surface area contributed by atoms with Crippen LogP contribution in [0.2, 0.25) is 0 Å². The average molecular weight is 312 g/mol. The quantitative estimate of drug-likeness (QED) is 0.635. The van der Waals surface area contributed by atoms with Crippen LogP contribution in [0.25, 0.3) is 0 Å². The van der Waals surface area contributed by atoms with Crippen molar-refractivity contribution in [2.75, 3.05) is 11.8 Å². The molecule has 1 aromatic carbocycles. The van der Waals surface area contributed by atoms with Crippen LogP contribution in [0.1, 0.15) is 5.69 Å². The molecule has 0 atom stereocenters. The van der Waals surface area contributed by atoms with E-state index in [2.05, 4.69) is 14.9 Å². The van der Waals surface area contributed by atoms with Crippen LogP contribution in [0.4, 0.5) is 11.4 Å². The molecule has 0 aliphatic carbocycles. The first kappa shape index (κ1) is 14.8. The lowest BCUT2D eigenvalue weighted by Gasteiger charge is -2.08. The van der Waals surface area contributed by atoms with Crippen LogP contribution in [0.5, 0.6) is 5.75 Å². The maximum Gasteiger partial charge on any atom is 0.312 e. The highest BCUT2D eigenvalue weighted by Crippen LogP contribution is 2.30. The van der Waals surface area contributed by atoms with E-state index in [0.717, 1.165) is 12.3 Å². The molecule has 0 unspecified atom stereocenters. The van der Waals surface area contributed by atoms with Gasteiger partial charge in [-0.25, -0.2) is 8.42 Å². The van der Waals surface area contributed by atoms with E-state index in [-0.39, 0.29) is 22.0 Å². The maximum atomic E-state index is 12.1. The van der Waals surface area contributed by atoms with Crippen molar-refractivity contribution in [2.24, 2.45) is 0 Å². The number of ether oxygens (including phenoxy) is 1. The summed E-state index contributed by atoms with van der Waals surface area (Å²) in [6.07, 6.45) is 1.16. The fourth-order valence-corrected chi connectivity index (χ4v) is 2.90. The van der Waals surface area contributed by atoms with Crippen LogP contribution in [0.3, 0.4) is 0 Å². The van der Waals surface area contributed by atoms with E-state index in [1.54, 1.807) is 6.92 Å². The summed E-state index contributed by atoms with van der Waals surface area (Å²) in [5, 5.41) is 17.1. The van der Waals surface area contributed by atoms with Gasteiger partial charge in [-0.15, -0.1) is 0 Å². The Morgan fingerprint density at radius 2 is 2.14 bits per heavy atom. The number of nitrogens with zero attached hydrogens (tertiary/aromatic N) is 2. The zero-order valence-corrected chi connectivity index (χ0v) is 12.0. The molecule has 112 valence electrons. The van der Waals surface area contributed by atoms with Crippen LogP contribution in [0, 0.1) is 17.0 Å². The number of hydrogen-bond acceptors (Lipinski definition) is 6. The van der Waals surface area contributed by atoms with E-state index in [1.165, 1.54) is 19.2 Å². The third-order valence-electron chi connectivity index (χ3n) is 2.70. The first-order valence-corrected chi connectivity index (χ1v) is 7.18. The lowest BCUT2D eigenvalue weighted by molar-refractivity contribution is -0.385. The summed E-state index contributed by atoms with van der Waals surface area (Å²) in [5.74, 6) is 0.0439. The zero-order chi connectivity index (χ0) is 15.6. The molecule has 0 aliphatic heterocycles. The van der Waals surface area contributed by atoms with Gasteiger partial charge in [0.25, 0.3) is 10.0 Å². The van der Waals surface area contributed by atoms with Crippen LogP contribution in [-0.4, -0.2) is 30.6 Å². The smallest absolute Gasteiger partial charge is 0.312 e. The van der Waals surface area contributed by atoms with E-state index < -0.39 is 14.9 Å². The minimum atomic E-state index is -3.87. The van der Waals surface area contributed by atoms with Crippen molar-refractivity contribution in [2.45, 2.75) is 11.8 Å². The molecule has 9 nitrogen and oxygen atoms in total. The number of benzene rings is 1. The Labute approximate surface area is 120 Å². The lowest BCUT2D eigenvalue weighted by atomic mass is 10.2. The van der Waals surface area contributed by atoms with Crippen molar-refractivity contribution in [3.63, 3.8) is 0 Å². The zero-order valence-electron chi connectivity index (χ0n) is 11.2. The molecule has 0 radical (unpaired) electrons. The third kappa shape index (κ3) is 2.94. The van der Waals surface area contributed by atoms with Gasteiger partial charge in [0.1, 0.15) is 4.90 Å². The Hall–Kier alpha value is -2.62. The second kappa shape index (κ2) is 5.40. The Morgan fingerprint density at radius 3 is 2.67 bits per heavy atom. The van der Waals surface area contributed by atoms with Crippen molar-refractivity contribution in [3.8, 4) is 5.75 Å². The van der Waals surface area contributed by atoms with Gasteiger partial charge in [-0.05, 0) is 19.1 Å². The number of aromatic nitrogens is 2. The number of sulfonamides is 1. The van der Waals surface area contributed by atoms with E-state index >= 15 is 0 Å². The summed E-state index contributed by atoms with van der Waals surface area (Å²) in [5.41, 5.74) is 0.0928. The highest BCUT2D eigenvalue weighted by molar-refractivity contribution is 7.92. The van der Waals surface area contributed by atoms with Crippen molar-refractivity contribution in [1.82, 2.24) is 10.2 Å². The molecule has 2 aromatic rings. The van der Waals surface area contributed by atoms with Gasteiger partial charge < -0.3 is 4.74 Å². The minimum Gasteiger partial charge on any atom is -0.490 e. The summed E-state index contributed by atoms with van der Waals surface area (Å²) in [7, 11) is -2.58. The molecule has 10 heteroatoms. The number of nitro groups is 1. The van der Waals surface area contributed by atoms with Gasteiger partial charge in [-0.2, -0.15) is 5.10 Å². The Balaban J connectivity index is 2.38. The second-order valence-corrected chi connectivity index (χ2v) is 5.76. The number of rotatable bonds is 5. The predicted molar refractivity (Wildman–Crippen MR) is 73.8 cm³/mol. The lowest BCUT2D eigenvalue weighted by Crippen LogP contribution is -2.13. The van der Waals surface area contributed by atoms with Gasteiger partial charge in [0, 0.05) is 6.07 Å². The van der Waals surface area contributed by atoms with Gasteiger partial charge in [0.15, 0.2) is 5.75 Å². The average Bonchev–Trinajstić information content (AvgIpc) is 2.85. The van der Waals surface area contributed by atoms with E-state index in [1.807, 2.05) is 0 Å². The summed E-state index contributed by atoms with van der Waals surface area (Å²) in [4.78, 5) is 10.2. The topological polar surface area (TPSA) is 127 Å². The highest BCUT2D eigenvalue weighted by atomic mass is 32.2. The van der Waals surface area contributed by atoms with Crippen LogP contribution in [-0.2, 0) is 10.0 Å². The molecule has 1 heterocycles. The van der Waals surface area contributed by atoms with Crippen LogP contribution in [0.15, 0.2) is 29.3 Å². The van der Waals surface area contributed by atoms with Gasteiger partial charge >= 0.3 is 5.69 Å². The standard InChI is InChI=1S/C11H12N4O5S/c1-7-11(6-12-13-7)21(18,19)14-8-3-4-10(20-2)9(5-8)15(16)17/h3-6,14H,1-2H3,(H,12,13). The molecular formula is C11H12N4O5S. The molecule has 0 fully saturated rings.